The summed E-state index contributed by atoms with van der Waals surface area (Å²) in [6.07, 6.45) is 4.39. The van der Waals surface area contributed by atoms with Gasteiger partial charge in [0.15, 0.2) is 0 Å². The number of rotatable bonds is 5. The van der Waals surface area contributed by atoms with E-state index in [4.69, 9.17) is 11.1 Å². The minimum Gasteiger partial charge on any atom is -0.399 e. The van der Waals surface area contributed by atoms with E-state index in [9.17, 15) is 0 Å². The molecule has 76 valence electrons. The van der Waals surface area contributed by atoms with Crippen LogP contribution in [0.3, 0.4) is 0 Å². The van der Waals surface area contributed by atoms with Crippen molar-refractivity contribution in [3.63, 3.8) is 0 Å². The maximum atomic E-state index is 7.84. The molecule has 1 rings (SSSR count). The summed E-state index contributed by atoms with van der Waals surface area (Å²) in [4.78, 5) is 0. The van der Waals surface area contributed by atoms with Crippen LogP contribution >= 0.6 is 0 Å². The van der Waals surface area contributed by atoms with Gasteiger partial charge in [-0.3, -0.25) is 0 Å². The van der Waals surface area contributed by atoms with E-state index in [-0.39, 0.29) is 0 Å². The van der Waals surface area contributed by atoms with Crippen LogP contribution in [0, 0.1) is 5.41 Å². The quantitative estimate of drug-likeness (QED) is 0.418. The molecule has 0 aliphatic carbocycles. The Hall–Kier alpha value is -1.31. The molecular weight excluding hydrogens is 172 g/mol. The summed E-state index contributed by atoms with van der Waals surface area (Å²) >= 11 is 0. The van der Waals surface area contributed by atoms with Crippen molar-refractivity contribution in [3.8, 4) is 0 Å². The lowest BCUT2D eigenvalue weighted by atomic mass is 10.0. The maximum Gasteiger partial charge on any atom is 0.0386 e. The fourth-order valence-corrected chi connectivity index (χ4v) is 1.38. The first-order valence-corrected chi connectivity index (χ1v) is 5.17. The van der Waals surface area contributed by atoms with Crippen molar-refractivity contribution < 1.29 is 0 Å². The second kappa shape index (κ2) is 5.43. The highest BCUT2D eigenvalue weighted by atomic mass is 14.5. The van der Waals surface area contributed by atoms with Crippen molar-refractivity contribution >= 4 is 11.4 Å². The normalized spacial score (nSPS) is 10.1. The average Bonchev–Trinajstić information content (AvgIpc) is 2.19. The molecule has 2 nitrogen and oxygen atoms in total. The Bertz CT molecular complexity index is 288. The molecule has 1 aromatic rings. The van der Waals surface area contributed by atoms with E-state index in [1.807, 2.05) is 24.3 Å². The molecule has 0 aliphatic heterocycles. The van der Waals surface area contributed by atoms with E-state index in [0.717, 1.165) is 29.8 Å². The second-order valence-electron chi connectivity index (χ2n) is 3.56. The molecule has 0 bridgehead atoms. The minimum absolute atomic E-state index is 0.721. The number of nitrogens with one attached hydrogen (secondary N) is 1. The van der Waals surface area contributed by atoms with Crippen molar-refractivity contribution in [1.29, 1.82) is 5.41 Å². The van der Waals surface area contributed by atoms with Crippen molar-refractivity contribution in [2.75, 3.05) is 5.73 Å². The minimum atomic E-state index is 0.721. The number of nitrogen functional groups attached to an aromatic ring is 1. The molecule has 2 heteroatoms. The molecule has 0 saturated heterocycles. The summed E-state index contributed by atoms with van der Waals surface area (Å²) < 4.78 is 0. The summed E-state index contributed by atoms with van der Waals surface area (Å²) in [7, 11) is 0. The number of hydrogen-bond acceptors (Lipinski definition) is 2. The Morgan fingerprint density at radius 2 is 1.86 bits per heavy atom. The number of hydrogen-bond donors (Lipinski definition) is 2. The molecule has 0 unspecified atom stereocenters. The fourth-order valence-electron chi connectivity index (χ4n) is 1.38. The van der Waals surface area contributed by atoms with Crippen molar-refractivity contribution in [3.05, 3.63) is 29.8 Å². The monoisotopic (exact) mass is 190 g/mol. The summed E-state index contributed by atoms with van der Waals surface area (Å²) in [5.74, 6) is 0. The number of benzene rings is 1. The maximum absolute atomic E-state index is 7.84. The van der Waals surface area contributed by atoms with Gasteiger partial charge in [-0.15, -0.1) is 0 Å². The Balaban J connectivity index is 2.48. The zero-order chi connectivity index (χ0) is 10.4. The van der Waals surface area contributed by atoms with Crippen molar-refractivity contribution in [1.82, 2.24) is 0 Å². The van der Waals surface area contributed by atoms with E-state index in [0.29, 0.717) is 0 Å². The van der Waals surface area contributed by atoms with Crippen LogP contribution in [-0.2, 0) is 0 Å². The number of nitrogens with two attached hydrogens (primary N) is 1. The Labute approximate surface area is 85.6 Å². The van der Waals surface area contributed by atoms with Crippen LogP contribution in [0.15, 0.2) is 24.3 Å². The summed E-state index contributed by atoms with van der Waals surface area (Å²) in [5, 5.41) is 7.84. The van der Waals surface area contributed by atoms with Gasteiger partial charge in [0.1, 0.15) is 0 Å². The van der Waals surface area contributed by atoms with Crippen LogP contribution in [0.25, 0.3) is 0 Å². The topological polar surface area (TPSA) is 49.9 Å². The van der Waals surface area contributed by atoms with Crippen molar-refractivity contribution in [2.24, 2.45) is 0 Å². The zero-order valence-electron chi connectivity index (χ0n) is 8.72. The molecule has 0 fully saturated rings. The predicted molar refractivity (Wildman–Crippen MR) is 61.8 cm³/mol. The van der Waals surface area contributed by atoms with E-state index in [2.05, 4.69) is 6.92 Å². The van der Waals surface area contributed by atoms with E-state index in [1.165, 1.54) is 12.8 Å². The molecule has 0 atom stereocenters. The molecule has 0 aliphatic rings. The third kappa shape index (κ3) is 3.21. The van der Waals surface area contributed by atoms with E-state index in [1.54, 1.807) is 0 Å². The van der Waals surface area contributed by atoms with Crippen LogP contribution in [0.1, 0.15) is 38.2 Å². The van der Waals surface area contributed by atoms with Gasteiger partial charge in [-0.05, 0) is 30.5 Å². The largest absolute Gasteiger partial charge is 0.399 e. The highest BCUT2D eigenvalue weighted by Crippen LogP contribution is 2.10. The molecule has 3 N–H and O–H groups in total. The van der Waals surface area contributed by atoms with Crippen LogP contribution < -0.4 is 5.73 Å². The Kier molecular flexibility index (Phi) is 4.17. The molecule has 0 spiro atoms. The number of unbranched alkanes of at least 4 members (excludes halogenated alkanes) is 2. The molecular formula is C12H18N2. The van der Waals surface area contributed by atoms with E-state index < -0.39 is 0 Å². The second-order valence-corrected chi connectivity index (χ2v) is 3.56. The first-order chi connectivity index (χ1) is 6.74. The zero-order valence-corrected chi connectivity index (χ0v) is 8.72. The van der Waals surface area contributed by atoms with Gasteiger partial charge in [0.25, 0.3) is 0 Å². The molecule has 0 heterocycles. The SMILES string of the molecule is CCCCCC(=N)c1ccc(N)cc1. The van der Waals surface area contributed by atoms with Gasteiger partial charge in [-0.25, -0.2) is 0 Å². The van der Waals surface area contributed by atoms with Gasteiger partial charge >= 0.3 is 0 Å². The highest BCUT2D eigenvalue weighted by Gasteiger charge is 2.00. The van der Waals surface area contributed by atoms with Crippen LogP contribution in [0.2, 0.25) is 0 Å². The van der Waals surface area contributed by atoms with Gasteiger partial charge in [-0.1, -0.05) is 31.9 Å². The predicted octanol–water partition coefficient (Wildman–Crippen LogP) is 3.22. The standard InChI is InChI=1S/C12H18N2/c1-2-3-4-5-12(14)10-6-8-11(13)9-7-10/h6-9,14H,2-5,13H2,1H3. The van der Waals surface area contributed by atoms with Crippen LogP contribution in [0.4, 0.5) is 5.69 Å². The van der Waals surface area contributed by atoms with E-state index >= 15 is 0 Å². The van der Waals surface area contributed by atoms with Gasteiger partial charge in [0.05, 0.1) is 0 Å². The summed E-state index contributed by atoms with van der Waals surface area (Å²) in [6, 6.07) is 7.54. The van der Waals surface area contributed by atoms with Gasteiger partial charge in [0, 0.05) is 11.4 Å². The third-order valence-electron chi connectivity index (χ3n) is 2.29. The number of anilines is 1. The fraction of sp³-hybridized carbons (Fsp3) is 0.417. The first-order valence-electron chi connectivity index (χ1n) is 5.17. The molecule has 1 aromatic carbocycles. The summed E-state index contributed by atoms with van der Waals surface area (Å²) in [5.41, 5.74) is 8.05. The van der Waals surface area contributed by atoms with Crippen LogP contribution in [0.5, 0.6) is 0 Å². The van der Waals surface area contributed by atoms with Crippen LogP contribution in [-0.4, -0.2) is 5.71 Å². The lowest BCUT2D eigenvalue weighted by Gasteiger charge is -2.03. The summed E-state index contributed by atoms with van der Waals surface area (Å²) in [6.45, 7) is 2.17. The van der Waals surface area contributed by atoms with Gasteiger partial charge in [0.2, 0.25) is 0 Å². The lowest BCUT2D eigenvalue weighted by Crippen LogP contribution is -1.99. The molecule has 0 amide bonds. The Morgan fingerprint density at radius 3 is 2.43 bits per heavy atom. The smallest absolute Gasteiger partial charge is 0.0386 e. The highest BCUT2D eigenvalue weighted by molar-refractivity contribution is 5.98. The first kappa shape index (κ1) is 10.8. The van der Waals surface area contributed by atoms with Gasteiger partial charge < -0.3 is 11.1 Å². The molecule has 0 radical (unpaired) electrons. The van der Waals surface area contributed by atoms with Gasteiger partial charge in [-0.2, -0.15) is 0 Å². The average molecular weight is 190 g/mol. The third-order valence-corrected chi connectivity index (χ3v) is 2.29. The van der Waals surface area contributed by atoms with Crippen molar-refractivity contribution in [2.45, 2.75) is 32.6 Å². The molecule has 0 saturated carbocycles. The Morgan fingerprint density at radius 1 is 1.21 bits per heavy atom. The molecule has 14 heavy (non-hydrogen) atoms. The lowest BCUT2D eigenvalue weighted by molar-refractivity contribution is 0.741. The molecule has 0 aromatic heterocycles.